The highest BCUT2D eigenvalue weighted by Gasteiger charge is 2.14. The Labute approximate surface area is 407 Å². The molecule has 2 heterocycles. The van der Waals surface area contributed by atoms with Crippen molar-refractivity contribution in [3.63, 3.8) is 0 Å². The van der Waals surface area contributed by atoms with Crippen molar-refractivity contribution in [2.75, 3.05) is 21.3 Å². The number of anilines is 4. The largest absolute Gasteiger partial charge is 0.744 e. The summed E-state index contributed by atoms with van der Waals surface area (Å²) < 4.78 is 66.4. The van der Waals surface area contributed by atoms with Gasteiger partial charge in [-0.3, -0.25) is 19.2 Å². The molecule has 0 unspecified atom stereocenters. The standard InChI is InChI=1S/C38H36N6O4.2C7H8O3S/c1-3-21-43-23-5-7-33(25-43)41-37(47)29-13-17-31(18-14-29)39-35(45)27-9-11-28(12-10-27)36(46)40-32-19-15-30(16-20-32)38(48)42-34-8-6-24-44(26-34)22-4-2;2*1-6-2-4-7(5-3-6)11(8,9)10/h5-20,23-26H,3-4,21-22H2,1-2H3,(H2-2,39,40,41,42,45,46,47,48);2*2-5H,1H3,(H,8,9,10). The zero-order valence-corrected chi connectivity index (χ0v) is 40.4. The van der Waals surface area contributed by atoms with E-state index in [1.54, 1.807) is 97.1 Å². The first-order valence-electron chi connectivity index (χ1n) is 21.9. The molecule has 0 fully saturated rings. The summed E-state index contributed by atoms with van der Waals surface area (Å²) in [5.41, 5.74) is 5.96. The first-order chi connectivity index (χ1) is 33.3. The number of amides is 4. The molecule has 16 nitrogen and oxygen atoms in total. The zero-order chi connectivity index (χ0) is 50.8. The van der Waals surface area contributed by atoms with E-state index < -0.39 is 20.2 Å². The summed E-state index contributed by atoms with van der Waals surface area (Å²) in [4.78, 5) is 50.8. The number of benzene rings is 5. The second-order valence-corrected chi connectivity index (χ2v) is 18.5. The third kappa shape index (κ3) is 16.7. The number of hydrogen-bond acceptors (Lipinski definition) is 10. The molecule has 0 aliphatic heterocycles. The number of pyridine rings is 2. The highest BCUT2D eigenvalue weighted by molar-refractivity contribution is 7.86. The number of carbonyl (C=O) groups excluding carboxylic acids is 4. The average Bonchev–Trinajstić information content (AvgIpc) is 3.32. The quantitative estimate of drug-likeness (QED) is 0.0607. The van der Waals surface area contributed by atoms with Crippen LogP contribution in [0.25, 0.3) is 0 Å². The van der Waals surface area contributed by atoms with Crippen LogP contribution in [0.3, 0.4) is 0 Å². The fourth-order valence-corrected chi connectivity index (χ4v) is 7.33. The van der Waals surface area contributed by atoms with Gasteiger partial charge in [0.05, 0.1) is 9.79 Å². The lowest BCUT2D eigenvalue weighted by Gasteiger charge is -2.09. The number of hydrogen-bond donors (Lipinski definition) is 4. The van der Waals surface area contributed by atoms with E-state index in [-0.39, 0.29) is 33.4 Å². The van der Waals surface area contributed by atoms with Gasteiger partial charge >= 0.3 is 0 Å². The van der Waals surface area contributed by atoms with Gasteiger partial charge in [0.1, 0.15) is 44.7 Å². The van der Waals surface area contributed by atoms with Gasteiger partial charge in [-0.15, -0.1) is 0 Å². The van der Waals surface area contributed by atoms with Gasteiger partial charge in [0.15, 0.2) is 24.8 Å². The summed E-state index contributed by atoms with van der Waals surface area (Å²) in [6.07, 6.45) is 9.66. The number of carbonyl (C=O) groups is 4. The second kappa shape index (κ2) is 24.9. The summed E-state index contributed by atoms with van der Waals surface area (Å²) in [7, 11) is -8.54. The van der Waals surface area contributed by atoms with Crippen LogP contribution in [0.4, 0.5) is 22.7 Å². The number of nitrogens with one attached hydrogen (secondary N) is 4. The van der Waals surface area contributed by atoms with Crippen molar-refractivity contribution in [2.24, 2.45) is 0 Å². The van der Waals surface area contributed by atoms with Gasteiger partial charge in [-0.05, 0) is 123 Å². The summed E-state index contributed by atoms with van der Waals surface area (Å²) in [6.45, 7) is 9.55. The molecule has 0 atom stereocenters. The molecular weight excluding hydrogens is 933 g/mol. The molecule has 7 rings (SSSR count). The molecule has 0 bridgehead atoms. The predicted octanol–water partition coefficient (Wildman–Crippen LogP) is 7.89. The lowest BCUT2D eigenvalue weighted by atomic mass is 10.1. The number of nitrogens with zero attached hydrogens (tertiary/aromatic N) is 2. The molecule has 0 saturated heterocycles. The van der Waals surface area contributed by atoms with Crippen molar-refractivity contribution in [3.8, 4) is 0 Å². The van der Waals surface area contributed by atoms with Gasteiger partial charge in [-0.25, -0.2) is 26.0 Å². The van der Waals surface area contributed by atoms with E-state index in [9.17, 15) is 45.1 Å². The molecule has 0 radical (unpaired) electrons. The molecule has 0 aliphatic rings. The van der Waals surface area contributed by atoms with Crippen LogP contribution >= 0.6 is 0 Å². The van der Waals surface area contributed by atoms with Crippen LogP contribution in [0, 0.1) is 13.8 Å². The molecule has 5 aromatic carbocycles. The number of aromatic nitrogens is 2. The maximum Gasteiger partial charge on any atom is 0.255 e. The van der Waals surface area contributed by atoms with Crippen molar-refractivity contribution >= 4 is 66.6 Å². The summed E-state index contributed by atoms with van der Waals surface area (Å²) in [5.74, 6) is -1.21. The van der Waals surface area contributed by atoms with E-state index >= 15 is 0 Å². The third-order valence-electron chi connectivity index (χ3n) is 10.0. The minimum absolute atomic E-state index is 0.178. The van der Waals surface area contributed by atoms with Crippen LogP contribution in [0.1, 0.15) is 79.2 Å². The molecule has 70 heavy (non-hydrogen) atoms. The number of aryl methyl sites for hydroxylation is 4. The van der Waals surface area contributed by atoms with Gasteiger partial charge in [0.25, 0.3) is 23.6 Å². The summed E-state index contributed by atoms with van der Waals surface area (Å²) in [6, 6.07) is 38.5. The van der Waals surface area contributed by atoms with Crippen LogP contribution < -0.4 is 30.4 Å². The van der Waals surface area contributed by atoms with Gasteiger partial charge in [0.2, 0.25) is 0 Å². The Morgan fingerprint density at radius 1 is 0.414 bits per heavy atom. The highest BCUT2D eigenvalue weighted by Crippen LogP contribution is 2.17. The Morgan fingerprint density at radius 3 is 0.957 bits per heavy atom. The van der Waals surface area contributed by atoms with E-state index in [1.165, 1.54) is 24.3 Å². The first kappa shape index (κ1) is 53.1. The molecule has 4 amide bonds. The van der Waals surface area contributed by atoms with E-state index in [2.05, 4.69) is 35.1 Å². The highest BCUT2D eigenvalue weighted by atomic mass is 32.2. The average molecular weight is 985 g/mol. The van der Waals surface area contributed by atoms with E-state index in [0.717, 1.165) is 37.1 Å². The molecule has 4 N–H and O–H groups in total. The fraction of sp³-hybridized carbons (Fsp3) is 0.154. The summed E-state index contributed by atoms with van der Waals surface area (Å²) >= 11 is 0. The lowest BCUT2D eigenvalue weighted by molar-refractivity contribution is -0.696. The fourth-order valence-electron chi connectivity index (χ4n) is 6.39. The van der Waals surface area contributed by atoms with Gasteiger partial charge in [-0.2, -0.15) is 0 Å². The van der Waals surface area contributed by atoms with Crippen LogP contribution in [-0.2, 0) is 33.3 Å². The Balaban J connectivity index is 0.000000338. The Morgan fingerprint density at radius 2 is 0.686 bits per heavy atom. The van der Waals surface area contributed by atoms with Crippen molar-refractivity contribution in [1.29, 1.82) is 0 Å². The van der Waals surface area contributed by atoms with Gasteiger partial charge < -0.3 is 30.4 Å². The Kier molecular flexibility index (Phi) is 18.9. The van der Waals surface area contributed by atoms with Crippen LogP contribution in [0.5, 0.6) is 0 Å². The monoisotopic (exact) mass is 984 g/mol. The second-order valence-electron chi connectivity index (χ2n) is 15.7. The van der Waals surface area contributed by atoms with E-state index in [0.29, 0.717) is 45.0 Å². The number of rotatable bonds is 14. The SMILES string of the molecule is CCC[n+]1cccc(NC(=O)c2ccc(NC(=O)c3ccc(C(=O)Nc4ccc(C(=O)Nc5ccc[n+](CCC)c5)cc4)cc3)cc2)c1.Cc1ccc(S(=O)(=O)[O-])cc1.Cc1ccc(S(=O)(=O)[O-])cc1. The van der Waals surface area contributed by atoms with Gasteiger partial charge in [0, 0.05) is 58.6 Å². The van der Waals surface area contributed by atoms with Gasteiger partial charge in [-0.1, -0.05) is 49.2 Å². The van der Waals surface area contributed by atoms with Crippen LogP contribution in [0.2, 0.25) is 0 Å². The first-order valence-corrected chi connectivity index (χ1v) is 24.7. The lowest BCUT2D eigenvalue weighted by Crippen LogP contribution is -2.33. The molecule has 18 heteroatoms. The topological polar surface area (TPSA) is 239 Å². The molecule has 0 aliphatic carbocycles. The smallest absolute Gasteiger partial charge is 0.255 e. The predicted molar refractivity (Wildman–Crippen MR) is 263 cm³/mol. The van der Waals surface area contributed by atoms with Crippen molar-refractivity contribution in [1.82, 2.24) is 0 Å². The molecular formula is C52H52N6O10S2. The van der Waals surface area contributed by atoms with E-state index in [4.69, 9.17) is 0 Å². The maximum absolute atomic E-state index is 12.9. The molecule has 362 valence electrons. The maximum atomic E-state index is 12.9. The molecule has 0 spiro atoms. The zero-order valence-electron chi connectivity index (χ0n) is 38.8. The van der Waals surface area contributed by atoms with Crippen LogP contribution in [-0.4, -0.2) is 49.6 Å². The minimum Gasteiger partial charge on any atom is -0.744 e. The van der Waals surface area contributed by atoms with Crippen molar-refractivity contribution in [3.05, 3.63) is 204 Å². The van der Waals surface area contributed by atoms with Crippen LogP contribution in [0.15, 0.2) is 180 Å². The normalized spacial score (nSPS) is 10.8. The van der Waals surface area contributed by atoms with Crippen molar-refractivity contribution < 1.29 is 54.3 Å². The molecule has 2 aromatic heterocycles. The van der Waals surface area contributed by atoms with E-state index in [1.807, 2.05) is 72.0 Å². The third-order valence-corrected chi connectivity index (χ3v) is 11.7. The minimum atomic E-state index is -4.27. The molecule has 0 saturated carbocycles. The van der Waals surface area contributed by atoms with Crippen molar-refractivity contribution in [2.45, 2.75) is 63.4 Å². The summed E-state index contributed by atoms with van der Waals surface area (Å²) in [5, 5.41) is 11.4. The molecule has 7 aromatic rings. The Hall–Kier alpha value is -7.90. The Bertz CT molecular complexity index is 2920.